The van der Waals surface area contributed by atoms with Gasteiger partial charge in [-0.2, -0.15) is 0 Å². The predicted octanol–water partition coefficient (Wildman–Crippen LogP) is 2.47. The summed E-state index contributed by atoms with van der Waals surface area (Å²) in [5.74, 6) is -1.23. The third kappa shape index (κ3) is 3.20. The molecule has 17 heavy (non-hydrogen) atoms. The zero-order chi connectivity index (χ0) is 13.4. The minimum Gasteiger partial charge on any atom is -0.481 e. The van der Waals surface area contributed by atoms with E-state index >= 15 is 0 Å². The molecule has 1 N–H and O–H groups in total. The van der Waals surface area contributed by atoms with Crippen LogP contribution in [0.2, 0.25) is 0 Å². The summed E-state index contributed by atoms with van der Waals surface area (Å²) >= 11 is 0. The highest BCUT2D eigenvalue weighted by Crippen LogP contribution is 2.53. The van der Waals surface area contributed by atoms with Crippen molar-refractivity contribution in [3.05, 3.63) is 0 Å². The van der Waals surface area contributed by atoms with E-state index in [0.29, 0.717) is 12.8 Å². The molecule has 4 heteroatoms. The minimum atomic E-state index is -0.768. The summed E-state index contributed by atoms with van der Waals surface area (Å²) in [6.45, 7) is 9.30. The van der Waals surface area contributed by atoms with Crippen LogP contribution < -0.4 is 0 Å². The maximum atomic E-state index is 11.7. The predicted molar refractivity (Wildman–Crippen MR) is 63.5 cm³/mol. The normalized spacial score (nSPS) is 27.1. The Balaban J connectivity index is 2.51. The number of carbonyl (C=O) groups excluding carboxylic acids is 1. The van der Waals surface area contributed by atoms with E-state index in [2.05, 4.69) is 0 Å². The Morgan fingerprint density at radius 3 is 2.24 bits per heavy atom. The Kier molecular flexibility index (Phi) is 3.55. The molecule has 1 saturated carbocycles. The lowest BCUT2D eigenvalue weighted by molar-refractivity contribution is -0.169. The molecule has 0 radical (unpaired) electrons. The Labute approximate surface area is 102 Å². The Morgan fingerprint density at radius 1 is 1.35 bits per heavy atom. The zero-order valence-corrected chi connectivity index (χ0v) is 11.2. The number of esters is 1. The van der Waals surface area contributed by atoms with Crippen molar-refractivity contribution in [1.29, 1.82) is 0 Å². The molecule has 4 nitrogen and oxygen atoms in total. The Morgan fingerprint density at radius 2 is 1.88 bits per heavy atom. The van der Waals surface area contributed by atoms with Gasteiger partial charge in [-0.05, 0) is 38.5 Å². The van der Waals surface area contributed by atoms with Gasteiger partial charge in [-0.25, -0.2) is 0 Å². The van der Waals surface area contributed by atoms with Gasteiger partial charge >= 0.3 is 11.9 Å². The van der Waals surface area contributed by atoms with Gasteiger partial charge in [0, 0.05) is 6.42 Å². The summed E-state index contributed by atoms with van der Waals surface area (Å²) < 4.78 is 5.25. The SMILES string of the molecule is CC(C)(C)OC(=O)C[C@@H]1C[C@H](C(=O)O)C1(C)C. The third-order valence-electron chi connectivity index (χ3n) is 3.60. The van der Waals surface area contributed by atoms with Crippen LogP contribution in [0.15, 0.2) is 0 Å². The topological polar surface area (TPSA) is 63.6 Å². The molecule has 0 aliphatic heterocycles. The van der Waals surface area contributed by atoms with Crippen molar-refractivity contribution in [3.63, 3.8) is 0 Å². The van der Waals surface area contributed by atoms with Crippen molar-refractivity contribution in [1.82, 2.24) is 0 Å². The molecule has 0 amide bonds. The van der Waals surface area contributed by atoms with E-state index in [1.54, 1.807) is 0 Å². The Hall–Kier alpha value is -1.06. The first-order valence-corrected chi connectivity index (χ1v) is 5.98. The van der Waals surface area contributed by atoms with Crippen molar-refractivity contribution in [3.8, 4) is 0 Å². The molecule has 1 aliphatic carbocycles. The van der Waals surface area contributed by atoms with Gasteiger partial charge in [0.15, 0.2) is 0 Å². The lowest BCUT2D eigenvalue weighted by Crippen LogP contribution is -2.49. The second kappa shape index (κ2) is 4.31. The van der Waals surface area contributed by atoms with Gasteiger partial charge in [0.25, 0.3) is 0 Å². The molecular weight excluding hydrogens is 220 g/mol. The number of carboxylic acid groups (broad SMARTS) is 1. The Bertz CT molecular complexity index is 325. The van der Waals surface area contributed by atoms with E-state index in [9.17, 15) is 9.59 Å². The smallest absolute Gasteiger partial charge is 0.307 e. The summed E-state index contributed by atoms with van der Waals surface area (Å²) in [6.07, 6.45) is 0.885. The highest BCUT2D eigenvalue weighted by molar-refractivity contribution is 5.74. The van der Waals surface area contributed by atoms with Crippen molar-refractivity contribution in [2.24, 2.45) is 17.3 Å². The molecular formula is C13H22O4. The van der Waals surface area contributed by atoms with Crippen LogP contribution in [0, 0.1) is 17.3 Å². The highest BCUT2D eigenvalue weighted by atomic mass is 16.6. The minimum absolute atomic E-state index is 0.110. The van der Waals surface area contributed by atoms with E-state index < -0.39 is 11.6 Å². The molecule has 0 aromatic heterocycles. The maximum Gasteiger partial charge on any atom is 0.307 e. The van der Waals surface area contributed by atoms with Crippen LogP contribution in [-0.4, -0.2) is 22.6 Å². The third-order valence-corrected chi connectivity index (χ3v) is 3.60. The molecule has 1 aliphatic rings. The monoisotopic (exact) mass is 242 g/mol. The molecule has 1 fully saturated rings. The van der Waals surface area contributed by atoms with E-state index in [1.165, 1.54) is 0 Å². The number of rotatable bonds is 3. The standard InChI is InChI=1S/C13H22O4/c1-12(2,3)17-10(14)7-8-6-9(11(15)16)13(8,4)5/h8-9H,6-7H2,1-5H3,(H,15,16)/t8-,9+/m0/s1. The van der Waals surface area contributed by atoms with Crippen LogP contribution in [-0.2, 0) is 14.3 Å². The summed E-state index contributed by atoms with van der Waals surface area (Å²) in [6, 6.07) is 0. The second-order valence-corrected chi connectivity index (χ2v) is 6.44. The van der Waals surface area contributed by atoms with Gasteiger partial charge < -0.3 is 9.84 Å². The largest absolute Gasteiger partial charge is 0.481 e. The first-order valence-electron chi connectivity index (χ1n) is 5.98. The van der Waals surface area contributed by atoms with Gasteiger partial charge in [0.2, 0.25) is 0 Å². The number of aliphatic carboxylic acids is 1. The fourth-order valence-corrected chi connectivity index (χ4v) is 2.37. The number of ether oxygens (including phenoxy) is 1. The van der Waals surface area contributed by atoms with Crippen molar-refractivity contribution in [2.75, 3.05) is 0 Å². The lowest BCUT2D eigenvalue weighted by Gasteiger charge is -2.49. The van der Waals surface area contributed by atoms with Gasteiger partial charge in [-0.1, -0.05) is 13.8 Å². The molecule has 0 bridgehead atoms. The molecule has 98 valence electrons. The van der Waals surface area contributed by atoms with Crippen LogP contribution in [0.3, 0.4) is 0 Å². The zero-order valence-electron chi connectivity index (χ0n) is 11.2. The summed E-state index contributed by atoms with van der Waals surface area (Å²) in [5.41, 5.74) is -0.792. The number of hydrogen-bond acceptors (Lipinski definition) is 3. The average Bonchev–Trinajstić information content (AvgIpc) is 2.07. The van der Waals surface area contributed by atoms with Crippen molar-refractivity contribution in [2.45, 2.75) is 53.1 Å². The maximum absolute atomic E-state index is 11.7. The van der Waals surface area contributed by atoms with Crippen LogP contribution >= 0.6 is 0 Å². The van der Waals surface area contributed by atoms with Gasteiger partial charge in [0.05, 0.1) is 5.92 Å². The number of carbonyl (C=O) groups is 2. The molecule has 0 saturated heterocycles. The van der Waals surface area contributed by atoms with Crippen molar-refractivity contribution < 1.29 is 19.4 Å². The van der Waals surface area contributed by atoms with Gasteiger partial charge in [-0.3, -0.25) is 9.59 Å². The molecule has 0 spiro atoms. The van der Waals surface area contributed by atoms with Gasteiger partial charge in [-0.15, -0.1) is 0 Å². The molecule has 1 rings (SSSR count). The number of carboxylic acids is 1. The van der Waals surface area contributed by atoms with E-state index in [0.717, 1.165) is 0 Å². The number of hydrogen-bond donors (Lipinski definition) is 1. The second-order valence-electron chi connectivity index (χ2n) is 6.44. The summed E-state index contributed by atoms with van der Waals surface area (Å²) in [7, 11) is 0. The van der Waals surface area contributed by atoms with Crippen LogP contribution in [0.1, 0.15) is 47.5 Å². The van der Waals surface area contributed by atoms with E-state index in [4.69, 9.17) is 9.84 Å². The molecule has 2 atom stereocenters. The van der Waals surface area contributed by atoms with Crippen LogP contribution in [0.25, 0.3) is 0 Å². The van der Waals surface area contributed by atoms with Crippen molar-refractivity contribution >= 4 is 11.9 Å². The van der Waals surface area contributed by atoms with Crippen LogP contribution in [0.5, 0.6) is 0 Å². The quantitative estimate of drug-likeness (QED) is 0.772. The van der Waals surface area contributed by atoms with E-state index in [1.807, 2.05) is 34.6 Å². The fraction of sp³-hybridized carbons (Fsp3) is 0.846. The average molecular weight is 242 g/mol. The first-order chi connectivity index (χ1) is 7.54. The fourth-order valence-electron chi connectivity index (χ4n) is 2.37. The lowest BCUT2D eigenvalue weighted by atomic mass is 9.54. The summed E-state index contributed by atoms with van der Waals surface area (Å²) in [4.78, 5) is 22.6. The van der Waals surface area contributed by atoms with E-state index in [-0.39, 0.29) is 23.2 Å². The molecule has 0 aromatic rings. The summed E-state index contributed by atoms with van der Waals surface area (Å²) in [5, 5.41) is 8.99. The molecule has 0 unspecified atom stereocenters. The van der Waals surface area contributed by atoms with Crippen LogP contribution in [0.4, 0.5) is 0 Å². The first kappa shape index (κ1) is 14.0. The highest BCUT2D eigenvalue weighted by Gasteiger charge is 2.52. The molecule has 0 aromatic carbocycles. The molecule has 0 heterocycles. The van der Waals surface area contributed by atoms with Gasteiger partial charge in [0.1, 0.15) is 5.60 Å².